The zero-order chi connectivity index (χ0) is 23.2. The zero-order valence-electron chi connectivity index (χ0n) is 18.2. The smallest absolute Gasteiger partial charge is 0.142 e. The van der Waals surface area contributed by atoms with Gasteiger partial charge in [0, 0.05) is 16.5 Å². The molecule has 0 heterocycles. The van der Waals surface area contributed by atoms with Crippen LogP contribution in [-0.2, 0) is 19.3 Å². The van der Waals surface area contributed by atoms with Crippen LogP contribution in [0.15, 0.2) is 85.5 Å². The molecule has 0 aliphatic carbocycles. The Kier molecular flexibility index (Phi) is 7.23. The number of benzene rings is 4. The van der Waals surface area contributed by atoms with Crippen molar-refractivity contribution in [1.29, 1.82) is 0 Å². The molecule has 0 radical (unpaired) electrons. The minimum atomic E-state index is -0.453. The first-order chi connectivity index (χ1) is 16.0. The molecular weight excluding hydrogens is 434 g/mol. The van der Waals surface area contributed by atoms with Gasteiger partial charge in [0.25, 0.3) is 0 Å². The van der Waals surface area contributed by atoms with E-state index < -0.39 is 5.82 Å². The maximum atomic E-state index is 15.1. The second-order valence-electron chi connectivity index (χ2n) is 8.00. The highest BCUT2D eigenvalue weighted by molar-refractivity contribution is 6.30. The van der Waals surface area contributed by atoms with E-state index in [1.54, 1.807) is 18.2 Å². The Hall–Kier alpha value is -3.41. The van der Waals surface area contributed by atoms with Crippen LogP contribution < -0.4 is 0 Å². The molecule has 0 unspecified atom stereocenters. The summed E-state index contributed by atoms with van der Waals surface area (Å²) in [6, 6.07) is 22.1. The lowest BCUT2D eigenvalue weighted by Crippen LogP contribution is -1.97. The van der Waals surface area contributed by atoms with Gasteiger partial charge in [0.2, 0.25) is 0 Å². The predicted molar refractivity (Wildman–Crippen MR) is 134 cm³/mol. The van der Waals surface area contributed by atoms with Crippen LogP contribution in [0.4, 0.5) is 8.78 Å². The Morgan fingerprint density at radius 3 is 2.24 bits per heavy atom. The fraction of sp³-hybridized carbons (Fsp3) is 0.133. The summed E-state index contributed by atoms with van der Waals surface area (Å²) in [4.78, 5) is 0. The summed E-state index contributed by atoms with van der Waals surface area (Å²) < 4.78 is 28.7. The summed E-state index contributed by atoms with van der Waals surface area (Å²) in [5.41, 5.74) is 4.43. The average Bonchev–Trinajstić information content (AvgIpc) is 2.83. The lowest BCUT2D eigenvalue weighted by Gasteiger charge is -2.08. The minimum absolute atomic E-state index is 0.0927. The molecule has 0 N–H and O–H groups in total. The molecule has 4 rings (SSSR count). The van der Waals surface area contributed by atoms with Crippen molar-refractivity contribution in [1.82, 2.24) is 0 Å². The molecule has 0 amide bonds. The molecule has 0 fully saturated rings. The van der Waals surface area contributed by atoms with E-state index in [4.69, 9.17) is 11.6 Å². The monoisotopic (exact) mass is 456 g/mol. The minimum Gasteiger partial charge on any atom is -0.206 e. The molecular formula is C30H23ClF2. The summed E-state index contributed by atoms with van der Waals surface area (Å²) in [6.07, 6.45) is 4.87. The van der Waals surface area contributed by atoms with E-state index in [2.05, 4.69) is 30.6 Å². The molecule has 0 aliphatic heterocycles. The van der Waals surface area contributed by atoms with Crippen LogP contribution in [0.1, 0.15) is 34.2 Å². The molecule has 3 heteroatoms. The van der Waals surface area contributed by atoms with E-state index in [1.165, 1.54) is 17.7 Å². The Morgan fingerprint density at radius 2 is 1.48 bits per heavy atom. The highest BCUT2D eigenvalue weighted by atomic mass is 35.5. The van der Waals surface area contributed by atoms with Gasteiger partial charge in [0.05, 0.1) is 5.02 Å². The molecule has 0 atom stereocenters. The Balaban J connectivity index is 1.49. The molecule has 33 heavy (non-hydrogen) atoms. The summed E-state index contributed by atoms with van der Waals surface area (Å²) in [7, 11) is 0. The van der Waals surface area contributed by atoms with E-state index >= 15 is 4.39 Å². The van der Waals surface area contributed by atoms with E-state index in [1.807, 2.05) is 36.4 Å². The summed E-state index contributed by atoms with van der Waals surface area (Å²) in [6.45, 7) is 3.75. The summed E-state index contributed by atoms with van der Waals surface area (Å²) in [5.74, 6) is 5.66. The van der Waals surface area contributed by atoms with Gasteiger partial charge in [-0.25, -0.2) is 8.78 Å². The summed E-state index contributed by atoms with van der Waals surface area (Å²) in [5, 5.41) is 1.46. The molecule has 0 bridgehead atoms. The zero-order valence-corrected chi connectivity index (χ0v) is 18.9. The van der Waals surface area contributed by atoms with Gasteiger partial charge in [-0.3, -0.25) is 0 Å². The number of halogens is 3. The number of rotatable bonds is 6. The summed E-state index contributed by atoms with van der Waals surface area (Å²) >= 11 is 5.73. The fourth-order valence-electron chi connectivity index (χ4n) is 3.75. The van der Waals surface area contributed by atoms with Crippen molar-refractivity contribution < 1.29 is 8.78 Å². The van der Waals surface area contributed by atoms with E-state index in [-0.39, 0.29) is 10.8 Å². The van der Waals surface area contributed by atoms with E-state index in [9.17, 15) is 4.39 Å². The van der Waals surface area contributed by atoms with Gasteiger partial charge in [0.15, 0.2) is 0 Å². The Bertz CT molecular complexity index is 1360. The first kappa shape index (κ1) is 22.8. The highest BCUT2D eigenvalue weighted by Gasteiger charge is 2.09. The largest absolute Gasteiger partial charge is 0.206 e. The molecule has 0 aromatic heterocycles. The van der Waals surface area contributed by atoms with Crippen LogP contribution in [-0.4, -0.2) is 0 Å². The fourth-order valence-corrected chi connectivity index (χ4v) is 3.87. The molecule has 0 aliphatic rings. The third-order valence-electron chi connectivity index (χ3n) is 5.64. The third-order valence-corrected chi connectivity index (χ3v) is 5.95. The normalized spacial score (nSPS) is 10.6. The maximum Gasteiger partial charge on any atom is 0.142 e. The third kappa shape index (κ3) is 5.69. The highest BCUT2D eigenvalue weighted by Crippen LogP contribution is 2.24. The van der Waals surface area contributed by atoms with Crippen LogP contribution in [0.2, 0.25) is 5.02 Å². The van der Waals surface area contributed by atoms with Gasteiger partial charge in [0.1, 0.15) is 11.6 Å². The maximum absolute atomic E-state index is 15.1. The van der Waals surface area contributed by atoms with Gasteiger partial charge < -0.3 is 0 Å². The van der Waals surface area contributed by atoms with E-state index in [0.29, 0.717) is 23.8 Å². The lowest BCUT2D eigenvalue weighted by atomic mass is 9.99. The van der Waals surface area contributed by atoms with Crippen molar-refractivity contribution in [2.24, 2.45) is 0 Å². The van der Waals surface area contributed by atoms with Gasteiger partial charge in [-0.1, -0.05) is 65.9 Å². The van der Waals surface area contributed by atoms with Gasteiger partial charge in [-0.05, 0) is 84.2 Å². The van der Waals surface area contributed by atoms with Crippen molar-refractivity contribution in [3.63, 3.8) is 0 Å². The van der Waals surface area contributed by atoms with Crippen molar-refractivity contribution >= 4 is 22.4 Å². The standard InChI is InChI=1S/C30H23ClF2/c1-2-3-4-21-5-7-22(8-6-21)9-10-23-12-17-27-26(19-23)16-15-25(30(27)33)14-11-24-13-18-28(31)29(32)20-24/h2,5-8,12-13,15-20H,1,3-4,11,14H2. The van der Waals surface area contributed by atoms with Crippen molar-refractivity contribution in [2.45, 2.75) is 25.7 Å². The quantitative estimate of drug-likeness (QED) is 0.203. The first-order valence-corrected chi connectivity index (χ1v) is 11.3. The van der Waals surface area contributed by atoms with Gasteiger partial charge in [-0.2, -0.15) is 0 Å². The van der Waals surface area contributed by atoms with Crippen molar-refractivity contribution in [2.75, 3.05) is 0 Å². The molecule has 0 saturated carbocycles. The van der Waals surface area contributed by atoms with Crippen LogP contribution in [0.3, 0.4) is 0 Å². The SMILES string of the molecule is C=CCCc1ccc(C#Cc2ccc3c(F)c(CCc4ccc(Cl)c(F)c4)ccc3c2)cc1. The van der Waals surface area contributed by atoms with Gasteiger partial charge >= 0.3 is 0 Å². The first-order valence-electron chi connectivity index (χ1n) is 10.9. The number of aryl methyl sites for hydroxylation is 3. The second kappa shape index (κ2) is 10.5. The Labute approximate surface area is 198 Å². The second-order valence-corrected chi connectivity index (χ2v) is 8.40. The number of fused-ring (bicyclic) bond motifs is 1. The Morgan fingerprint density at radius 1 is 0.758 bits per heavy atom. The lowest BCUT2D eigenvalue weighted by molar-refractivity contribution is 0.617. The molecule has 164 valence electrons. The molecule has 0 saturated heterocycles. The topological polar surface area (TPSA) is 0 Å². The van der Waals surface area contributed by atoms with E-state index in [0.717, 1.165) is 34.9 Å². The predicted octanol–water partition coefficient (Wildman–Crippen LogP) is 8.08. The van der Waals surface area contributed by atoms with Crippen molar-refractivity contribution in [3.05, 3.63) is 130 Å². The average molecular weight is 457 g/mol. The van der Waals surface area contributed by atoms with Crippen LogP contribution in [0, 0.1) is 23.5 Å². The van der Waals surface area contributed by atoms with Crippen LogP contribution >= 0.6 is 11.6 Å². The van der Waals surface area contributed by atoms with Gasteiger partial charge in [-0.15, -0.1) is 6.58 Å². The number of allylic oxidation sites excluding steroid dienone is 1. The molecule has 4 aromatic carbocycles. The number of hydrogen-bond acceptors (Lipinski definition) is 0. The molecule has 0 nitrogen and oxygen atoms in total. The molecule has 4 aromatic rings. The number of hydrogen-bond donors (Lipinski definition) is 0. The van der Waals surface area contributed by atoms with Crippen LogP contribution in [0.25, 0.3) is 10.8 Å². The van der Waals surface area contributed by atoms with Crippen molar-refractivity contribution in [3.8, 4) is 11.8 Å². The molecule has 0 spiro atoms. The van der Waals surface area contributed by atoms with Crippen LogP contribution in [0.5, 0.6) is 0 Å².